The molecule has 0 fully saturated rings. The van der Waals surface area contributed by atoms with Crippen molar-refractivity contribution in [2.24, 2.45) is 0 Å². The highest BCUT2D eigenvalue weighted by Gasteiger charge is 2.11. The number of para-hydroxylation sites is 1. The van der Waals surface area contributed by atoms with Crippen LogP contribution in [0.3, 0.4) is 0 Å². The summed E-state index contributed by atoms with van der Waals surface area (Å²) in [5, 5.41) is 2.99. The van der Waals surface area contributed by atoms with Gasteiger partial charge in [0.25, 0.3) is 5.91 Å². The van der Waals surface area contributed by atoms with Gasteiger partial charge >= 0.3 is 0 Å². The maximum Gasteiger partial charge on any atom is 0.258 e. The molecule has 0 aliphatic carbocycles. The van der Waals surface area contributed by atoms with Crippen LogP contribution in [0, 0.1) is 0 Å². The molecule has 0 saturated heterocycles. The van der Waals surface area contributed by atoms with Gasteiger partial charge in [-0.15, -0.1) is 0 Å². The molecule has 0 aliphatic rings. The van der Waals surface area contributed by atoms with E-state index in [1.165, 1.54) is 0 Å². The summed E-state index contributed by atoms with van der Waals surface area (Å²) < 4.78 is 11.1. The summed E-state index contributed by atoms with van der Waals surface area (Å²) in [6, 6.07) is 25.6. The summed E-state index contributed by atoms with van der Waals surface area (Å²) in [5.74, 6) is 1.37. The molecule has 1 unspecified atom stereocenters. The van der Waals surface area contributed by atoms with Crippen molar-refractivity contribution < 1.29 is 14.3 Å². The van der Waals surface area contributed by atoms with Crippen molar-refractivity contribution in [3.8, 4) is 22.6 Å². The van der Waals surface area contributed by atoms with Gasteiger partial charge in [-0.05, 0) is 42.7 Å². The van der Waals surface area contributed by atoms with Crippen molar-refractivity contribution in [3.63, 3.8) is 0 Å². The van der Waals surface area contributed by atoms with E-state index < -0.39 is 0 Å². The van der Waals surface area contributed by atoms with E-state index in [2.05, 4.69) is 5.32 Å². The third-order valence-electron chi connectivity index (χ3n) is 4.41. The maximum absolute atomic E-state index is 12.3. The number of hydrogen-bond acceptors (Lipinski definition) is 3. The number of nitrogens with one attached hydrogen (secondary N) is 1. The molecule has 1 amide bonds. The van der Waals surface area contributed by atoms with E-state index in [1.807, 2.05) is 85.8 Å². The Kier molecular flexibility index (Phi) is 6.68. The quantitative estimate of drug-likeness (QED) is 0.631. The van der Waals surface area contributed by atoms with Crippen LogP contribution in [0.15, 0.2) is 78.9 Å². The summed E-state index contributed by atoms with van der Waals surface area (Å²) >= 11 is 0. The Morgan fingerprint density at radius 2 is 1.71 bits per heavy atom. The minimum Gasteiger partial charge on any atom is -0.497 e. The average Bonchev–Trinajstić information content (AvgIpc) is 2.73. The fourth-order valence-corrected chi connectivity index (χ4v) is 3.11. The predicted molar refractivity (Wildman–Crippen MR) is 112 cm³/mol. The van der Waals surface area contributed by atoms with Gasteiger partial charge in [-0.1, -0.05) is 60.7 Å². The van der Waals surface area contributed by atoms with Crippen molar-refractivity contribution in [2.75, 3.05) is 13.7 Å². The molecule has 0 bridgehead atoms. The summed E-state index contributed by atoms with van der Waals surface area (Å²) in [7, 11) is 1.65. The van der Waals surface area contributed by atoms with Crippen molar-refractivity contribution in [1.82, 2.24) is 5.32 Å². The lowest BCUT2D eigenvalue weighted by molar-refractivity contribution is -0.123. The molecule has 0 heterocycles. The number of carbonyl (C=O) groups excluding carboxylic acids is 1. The first-order valence-corrected chi connectivity index (χ1v) is 9.35. The molecule has 28 heavy (non-hydrogen) atoms. The van der Waals surface area contributed by atoms with Crippen LogP contribution in [-0.4, -0.2) is 25.7 Å². The van der Waals surface area contributed by atoms with Crippen molar-refractivity contribution >= 4 is 5.91 Å². The summed E-state index contributed by atoms with van der Waals surface area (Å²) in [6.07, 6.45) is 0.726. The van der Waals surface area contributed by atoms with Crippen LogP contribution >= 0.6 is 0 Å². The molecule has 4 heteroatoms. The third kappa shape index (κ3) is 5.36. The van der Waals surface area contributed by atoms with Crippen LogP contribution in [0.25, 0.3) is 11.1 Å². The Hall–Kier alpha value is -3.27. The van der Waals surface area contributed by atoms with Gasteiger partial charge in [0.05, 0.1) is 7.11 Å². The molecule has 1 atom stereocenters. The maximum atomic E-state index is 12.3. The van der Waals surface area contributed by atoms with Crippen LogP contribution in [0.5, 0.6) is 11.5 Å². The topological polar surface area (TPSA) is 47.6 Å². The van der Waals surface area contributed by atoms with Crippen LogP contribution in [0.1, 0.15) is 12.5 Å². The SMILES string of the molecule is COc1cccc(CC(C)NC(=O)COc2ccccc2-c2ccccc2)c1. The minimum atomic E-state index is -0.140. The molecule has 0 spiro atoms. The molecule has 1 N–H and O–H groups in total. The molecular formula is C24H25NO3. The van der Waals surface area contributed by atoms with Crippen LogP contribution in [0.4, 0.5) is 0 Å². The van der Waals surface area contributed by atoms with Crippen molar-refractivity contribution in [3.05, 3.63) is 84.4 Å². The second-order valence-electron chi connectivity index (χ2n) is 6.68. The molecule has 3 aromatic carbocycles. The monoisotopic (exact) mass is 375 g/mol. The zero-order chi connectivity index (χ0) is 19.8. The van der Waals surface area contributed by atoms with E-state index in [4.69, 9.17) is 9.47 Å². The molecule has 4 nitrogen and oxygen atoms in total. The Balaban J connectivity index is 1.56. The van der Waals surface area contributed by atoms with Gasteiger partial charge in [0.2, 0.25) is 0 Å². The lowest BCUT2D eigenvalue weighted by atomic mass is 10.1. The van der Waals surface area contributed by atoms with Crippen LogP contribution in [0.2, 0.25) is 0 Å². The van der Waals surface area contributed by atoms with E-state index in [9.17, 15) is 4.79 Å². The number of rotatable bonds is 8. The Labute approximate surface area is 166 Å². The van der Waals surface area contributed by atoms with Gasteiger partial charge in [-0.3, -0.25) is 4.79 Å². The number of benzene rings is 3. The smallest absolute Gasteiger partial charge is 0.258 e. The number of carbonyl (C=O) groups is 1. The number of amides is 1. The molecule has 3 rings (SSSR count). The van der Waals surface area contributed by atoms with Gasteiger partial charge in [-0.25, -0.2) is 0 Å². The molecule has 0 radical (unpaired) electrons. The second-order valence-corrected chi connectivity index (χ2v) is 6.68. The van der Waals surface area contributed by atoms with Gasteiger partial charge in [0.1, 0.15) is 11.5 Å². The first-order chi connectivity index (χ1) is 13.7. The molecule has 144 valence electrons. The summed E-state index contributed by atoms with van der Waals surface area (Å²) in [6.45, 7) is 1.96. The second kappa shape index (κ2) is 9.60. The van der Waals surface area contributed by atoms with Crippen molar-refractivity contribution in [1.29, 1.82) is 0 Å². The Morgan fingerprint density at radius 3 is 2.50 bits per heavy atom. The van der Waals surface area contributed by atoms with E-state index >= 15 is 0 Å². The zero-order valence-corrected chi connectivity index (χ0v) is 16.2. The standard InChI is InChI=1S/C24H25NO3/c1-18(15-19-9-8-12-21(16-19)27-2)25-24(26)17-28-23-14-7-6-13-22(23)20-10-4-3-5-11-20/h3-14,16,18H,15,17H2,1-2H3,(H,25,26). The van der Waals surface area contributed by atoms with Crippen LogP contribution < -0.4 is 14.8 Å². The fraction of sp³-hybridized carbons (Fsp3) is 0.208. The predicted octanol–water partition coefficient (Wildman–Crippen LogP) is 4.49. The number of hydrogen-bond donors (Lipinski definition) is 1. The normalized spacial score (nSPS) is 11.5. The number of methoxy groups -OCH3 is 1. The van der Waals surface area contributed by atoms with Gasteiger partial charge < -0.3 is 14.8 Å². The van der Waals surface area contributed by atoms with Gasteiger partial charge in [0.15, 0.2) is 6.61 Å². The molecule has 3 aromatic rings. The fourth-order valence-electron chi connectivity index (χ4n) is 3.11. The lowest BCUT2D eigenvalue weighted by Crippen LogP contribution is -2.37. The van der Waals surface area contributed by atoms with E-state index in [1.54, 1.807) is 7.11 Å². The summed E-state index contributed by atoms with van der Waals surface area (Å²) in [5.41, 5.74) is 3.15. The van der Waals surface area contributed by atoms with Gasteiger partial charge in [0, 0.05) is 11.6 Å². The minimum absolute atomic E-state index is 0.00688. The van der Waals surface area contributed by atoms with E-state index in [0.717, 1.165) is 28.9 Å². The highest BCUT2D eigenvalue weighted by molar-refractivity contribution is 5.78. The van der Waals surface area contributed by atoms with Gasteiger partial charge in [-0.2, -0.15) is 0 Å². The third-order valence-corrected chi connectivity index (χ3v) is 4.41. The lowest BCUT2D eigenvalue weighted by Gasteiger charge is -2.16. The van der Waals surface area contributed by atoms with Crippen molar-refractivity contribution in [2.45, 2.75) is 19.4 Å². The summed E-state index contributed by atoms with van der Waals surface area (Å²) in [4.78, 5) is 12.3. The van der Waals surface area contributed by atoms with E-state index in [-0.39, 0.29) is 18.6 Å². The number of ether oxygens (including phenoxy) is 2. The zero-order valence-electron chi connectivity index (χ0n) is 16.2. The van der Waals surface area contributed by atoms with E-state index in [0.29, 0.717) is 5.75 Å². The Bertz CT molecular complexity index is 908. The molecule has 0 aliphatic heterocycles. The highest BCUT2D eigenvalue weighted by Crippen LogP contribution is 2.29. The first-order valence-electron chi connectivity index (χ1n) is 9.35. The van der Waals surface area contributed by atoms with Crippen LogP contribution in [-0.2, 0) is 11.2 Å². The molecular weight excluding hydrogens is 350 g/mol. The molecule has 0 aromatic heterocycles. The highest BCUT2D eigenvalue weighted by atomic mass is 16.5. The Morgan fingerprint density at radius 1 is 0.964 bits per heavy atom. The largest absolute Gasteiger partial charge is 0.497 e. The average molecular weight is 375 g/mol. The molecule has 0 saturated carbocycles. The first kappa shape index (κ1) is 19.5.